The van der Waals surface area contributed by atoms with Crippen LogP contribution in [0.1, 0.15) is 157 Å². The summed E-state index contributed by atoms with van der Waals surface area (Å²) in [5, 5.41) is 23.2. The van der Waals surface area contributed by atoms with Gasteiger partial charge in [-0.15, -0.1) is 0 Å². The highest BCUT2D eigenvalue weighted by atomic mass is 16.3. The van der Waals surface area contributed by atoms with E-state index >= 15 is 9.59 Å². The second-order valence-electron chi connectivity index (χ2n) is 26.9. The van der Waals surface area contributed by atoms with E-state index in [9.17, 15) is 48.3 Å². The molecule has 1 heterocycles. The second-order valence-corrected chi connectivity index (χ2v) is 26.9. The van der Waals surface area contributed by atoms with E-state index in [0.717, 1.165) is 9.80 Å². The highest BCUT2D eigenvalue weighted by molar-refractivity contribution is 5.99. The maximum Gasteiger partial charge on any atom is 0.246 e. The fourth-order valence-corrected chi connectivity index (χ4v) is 10.8. The first-order valence-electron chi connectivity index (χ1n) is 30.9. The van der Waals surface area contributed by atoms with Crippen molar-refractivity contribution in [3.05, 3.63) is 12.2 Å². The zero-order valence-electron chi connectivity index (χ0n) is 56.9. The Bertz CT molecular complexity index is 2360. The molecule has 1 saturated heterocycles. The minimum Gasteiger partial charge on any atom is -0.390 e. The third-order valence-corrected chi connectivity index (χ3v) is 16.3. The van der Waals surface area contributed by atoms with Crippen molar-refractivity contribution < 1.29 is 57.8 Å². The van der Waals surface area contributed by atoms with Gasteiger partial charge in [0.1, 0.15) is 60.4 Å². The highest BCUT2D eigenvalue weighted by Gasteiger charge is 2.46. The molecule has 0 aromatic heterocycles. The first kappa shape index (κ1) is 77.9. The fourth-order valence-electron chi connectivity index (χ4n) is 10.8. The Morgan fingerprint density at radius 2 is 0.791 bits per heavy atom. The number of allylic oxidation sites excluding steroid dienone is 2. The van der Waals surface area contributed by atoms with Gasteiger partial charge in [-0.2, -0.15) is 0 Å². The van der Waals surface area contributed by atoms with Crippen molar-refractivity contribution in [2.75, 3.05) is 55.9 Å². The quantitative estimate of drug-likeness (QED) is 0.147. The van der Waals surface area contributed by atoms with Gasteiger partial charge in [0.2, 0.25) is 65.0 Å². The molecule has 0 aliphatic carbocycles. The van der Waals surface area contributed by atoms with E-state index in [1.165, 1.54) is 87.7 Å². The van der Waals surface area contributed by atoms with Crippen LogP contribution in [-0.2, 0) is 52.7 Å². The lowest BCUT2D eigenvalue weighted by Crippen LogP contribution is -2.64. The van der Waals surface area contributed by atoms with E-state index in [1.807, 2.05) is 61.5 Å². The fraction of sp³-hybridized carbons (Fsp3) is 0.794. The van der Waals surface area contributed by atoms with Gasteiger partial charge in [-0.3, -0.25) is 52.7 Å². The summed E-state index contributed by atoms with van der Waals surface area (Å²) >= 11 is 0. The topological polar surface area (TPSA) is 279 Å². The number of hydrogen-bond acceptors (Lipinski definition) is 12. The summed E-state index contributed by atoms with van der Waals surface area (Å²) in [6.07, 6.45) is 3.00. The first-order valence-corrected chi connectivity index (χ1v) is 30.9. The van der Waals surface area contributed by atoms with Crippen LogP contribution >= 0.6 is 0 Å². The molecular formula is C63H113N11O12. The van der Waals surface area contributed by atoms with Crippen LogP contribution in [0, 0.1) is 47.3 Å². The normalized spacial score (nSPS) is 26.8. The number of carbonyl (C=O) groups excluding carboxylic acids is 11. The molecule has 1 rings (SSSR count). The number of aliphatic hydroxyl groups excluding tert-OH is 1. The summed E-state index contributed by atoms with van der Waals surface area (Å²) in [5.41, 5.74) is 0. The Kier molecular flexibility index (Phi) is 31.7. The number of nitrogens with one attached hydrogen (secondary N) is 4. The minimum absolute atomic E-state index is 0.131. The minimum atomic E-state index is -1.62. The predicted octanol–water partition coefficient (Wildman–Crippen LogP) is 3.52. The van der Waals surface area contributed by atoms with Crippen LogP contribution in [0.15, 0.2) is 12.2 Å². The molecule has 1 fully saturated rings. The zero-order valence-corrected chi connectivity index (χ0v) is 56.9. The van der Waals surface area contributed by atoms with E-state index in [1.54, 1.807) is 61.5 Å². The van der Waals surface area contributed by atoms with Gasteiger partial charge in [0.15, 0.2) is 0 Å². The number of nitrogens with zero attached hydrogens (tertiary/aromatic N) is 7. The van der Waals surface area contributed by atoms with Gasteiger partial charge in [-0.25, -0.2) is 0 Å². The molecular weight excluding hydrogens is 1100 g/mol. The number of carbonyl (C=O) groups is 11. The van der Waals surface area contributed by atoms with Crippen LogP contribution < -0.4 is 21.3 Å². The van der Waals surface area contributed by atoms with Gasteiger partial charge >= 0.3 is 0 Å². The molecule has 0 radical (unpaired) electrons. The average Bonchev–Trinajstić information content (AvgIpc) is 2.16. The van der Waals surface area contributed by atoms with E-state index < -0.39 is 162 Å². The maximum atomic E-state index is 15.2. The Morgan fingerprint density at radius 3 is 1.23 bits per heavy atom. The standard InChI is InChI=1S/C63H113N11O12/c1-26-27-28-41(16)53(76)52-57(80)67-49(38(10)11)61(84)68(19)33-48(75)69(20)44(29-34(2)3)56(79)66-50(39(12)13)62(85)70(21)45(30-35(4)5)55(78)64-42(17)54(77)65-43(18)58(81)71(22)46(31-36(6)7)59(82)72(23)47(32-37(8)9)60(83)73(24)51(40(14)15)63(86)74(52)25/h26-27,34-47,49-53,76H,28-33H2,1-25H3,(H,64,78)(H,65,77)(H,66,79)(H,67,80)/b27-26+. The molecule has 0 aromatic rings. The third kappa shape index (κ3) is 21.6. The molecule has 1 aliphatic heterocycles. The largest absolute Gasteiger partial charge is 0.390 e. The van der Waals surface area contributed by atoms with Crippen LogP contribution in [0.5, 0.6) is 0 Å². The van der Waals surface area contributed by atoms with Crippen molar-refractivity contribution >= 4 is 65.0 Å². The molecule has 11 amide bonds. The number of hydrogen-bond donors (Lipinski definition) is 5. The summed E-state index contributed by atoms with van der Waals surface area (Å²) in [6.45, 7) is 31.1. The Balaban J connectivity index is 4.37. The number of aliphatic hydroxyl groups is 1. The third-order valence-electron chi connectivity index (χ3n) is 16.3. The Morgan fingerprint density at radius 1 is 0.419 bits per heavy atom. The summed E-state index contributed by atoms with van der Waals surface area (Å²) in [5.74, 6) is -10.3. The lowest BCUT2D eigenvalue weighted by atomic mass is 9.91. The van der Waals surface area contributed by atoms with Gasteiger partial charge < -0.3 is 60.7 Å². The van der Waals surface area contributed by atoms with Crippen molar-refractivity contribution in [1.82, 2.24) is 55.6 Å². The average molecular weight is 1220 g/mol. The summed E-state index contributed by atoms with van der Waals surface area (Å²) in [4.78, 5) is 169. The molecule has 12 atom stereocenters. The van der Waals surface area contributed by atoms with Gasteiger partial charge in [-0.05, 0) is 100 Å². The van der Waals surface area contributed by atoms with E-state index in [4.69, 9.17) is 0 Å². The SMILES string of the molecule is C/C=C/CC(C)C(O)C1C(=O)NC(C(C)C)C(=O)N(C)CC(=O)N(C)C(CC(C)C)C(=O)NC(C(C)C)C(=O)N(C)C(CC(C)C)C(=O)NC(C)C(=O)NC(C)C(=O)N(C)C(CC(C)C)C(=O)N(C)C(CC(C)C)C(=O)N(C)C(C(C)C)C(=O)N1C. The Labute approximate surface area is 515 Å². The van der Waals surface area contributed by atoms with Gasteiger partial charge in [0.25, 0.3) is 0 Å². The molecule has 0 bridgehead atoms. The molecule has 12 unspecified atom stereocenters. The predicted molar refractivity (Wildman–Crippen MR) is 333 cm³/mol. The first-order chi connectivity index (χ1) is 39.6. The van der Waals surface area contributed by atoms with E-state index in [0.29, 0.717) is 6.42 Å². The number of amides is 11. The summed E-state index contributed by atoms with van der Waals surface area (Å²) < 4.78 is 0. The van der Waals surface area contributed by atoms with E-state index in [-0.39, 0.29) is 49.4 Å². The summed E-state index contributed by atoms with van der Waals surface area (Å²) in [7, 11) is 9.93. The van der Waals surface area contributed by atoms with Crippen molar-refractivity contribution in [3.8, 4) is 0 Å². The van der Waals surface area contributed by atoms with Gasteiger partial charge in [-0.1, -0.05) is 116 Å². The molecule has 1 aliphatic rings. The van der Waals surface area contributed by atoms with Gasteiger partial charge in [0.05, 0.1) is 12.6 Å². The monoisotopic (exact) mass is 1220 g/mol. The van der Waals surface area contributed by atoms with Crippen LogP contribution in [0.25, 0.3) is 0 Å². The lowest BCUT2D eigenvalue weighted by Gasteiger charge is -2.41. The van der Waals surface area contributed by atoms with Crippen molar-refractivity contribution in [2.24, 2.45) is 47.3 Å². The number of rotatable bonds is 15. The van der Waals surface area contributed by atoms with Crippen LogP contribution in [-0.4, -0.2) is 227 Å². The molecule has 23 heteroatoms. The molecule has 492 valence electrons. The molecule has 0 aromatic carbocycles. The van der Waals surface area contributed by atoms with Crippen LogP contribution in [0.4, 0.5) is 0 Å². The lowest BCUT2D eigenvalue weighted by molar-refractivity contribution is -0.157. The van der Waals surface area contributed by atoms with Crippen molar-refractivity contribution in [1.29, 1.82) is 0 Å². The molecule has 86 heavy (non-hydrogen) atoms. The van der Waals surface area contributed by atoms with Crippen molar-refractivity contribution in [2.45, 2.75) is 223 Å². The van der Waals surface area contributed by atoms with Crippen LogP contribution in [0.3, 0.4) is 0 Å². The summed E-state index contributed by atoms with van der Waals surface area (Å²) in [6, 6.07) is -12.4. The molecule has 0 saturated carbocycles. The smallest absolute Gasteiger partial charge is 0.246 e. The maximum absolute atomic E-state index is 15.2. The van der Waals surface area contributed by atoms with Crippen molar-refractivity contribution in [3.63, 3.8) is 0 Å². The zero-order chi connectivity index (χ0) is 66.8. The van der Waals surface area contributed by atoms with Crippen LogP contribution in [0.2, 0.25) is 0 Å². The molecule has 0 spiro atoms. The van der Waals surface area contributed by atoms with Gasteiger partial charge in [0, 0.05) is 49.3 Å². The molecule has 5 N–H and O–H groups in total. The molecule has 23 nitrogen and oxygen atoms in total. The second kappa shape index (κ2) is 35.0. The van der Waals surface area contributed by atoms with E-state index in [2.05, 4.69) is 21.3 Å². The number of likely N-dealkylation sites (N-methyl/N-ethyl adjacent to an activating group) is 7. The highest BCUT2D eigenvalue weighted by Crippen LogP contribution is 2.26. The Hall–Kier alpha value is -6.13.